The summed E-state index contributed by atoms with van der Waals surface area (Å²) in [6.07, 6.45) is 5.58. The summed E-state index contributed by atoms with van der Waals surface area (Å²) in [6, 6.07) is 2.64. The largest absolute Gasteiger partial charge is 0.338 e. The monoisotopic (exact) mass is 232 g/mol. The van der Waals surface area contributed by atoms with Crippen molar-refractivity contribution in [1.29, 1.82) is 5.26 Å². The molecule has 1 N–H and O–H groups in total. The first kappa shape index (κ1) is 10.7. The van der Waals surface area contributed by atoms with Gasteiger partial charge in [-0.2, -0.15) is 10.2 Å². The number of hydrogen-bond donors (Lipinski definition) is 1. The van der Waals surface area contributed by atoms with E-state index in [0.717, 1.165) is 25.1 Å². The number of rotatable bonds is 4. The van der Waals surface area contributed by atoms with Crippen LogP contribution in [0.3, 0.4) is 0 Å². The van der Waals surface area contributed by atoms with E-state index in [9.17, 15) is 0 Å². The molecule has 2 saturated carbocycles. The molecule has 2 atom stereocenters. The number of aromatic nitrogens is 2. The van der Waals surface area contributed by atoms with Crippen LogP contribution in [0.25, 0.3) is 0 Å². The van der Waals surface area contributed by atoms with Gasteiger partial charge in [0.05, 0.1) is 18.5 Å². The van der Waals surface area contributed by atoms with E-state index in [0.29, 0.717) is 18.4 Å². The molecule has 5 nitrogen and oxygen atoms in total. The van der Waals surface area contributed by atoms with Gasteiger partial charge in [-0.25, -0.2) is 0 Å². The highest BCUT2D eigenvalue weighted by Gasteiger charge is 2.30. The Balaban J connectivity index is 1.54. The van der Waals surface area contributed by atoms with Crippen LogP contribution in [-0.4, -0.2) is 16.2 Å². The van der Waals surface area contributed by atoms with E-state index < -0.39 is 0 Å². The van der Waals surface area contributed by atoms with Crippen LogP contribution in [0.15, 0.2) is 4.52 Å². The lowest BCUT2D eigenvalue weighted by molar-refractivity contribution is 0.346. The summed E-state index contributed by atoms with van der Waals surface area (Å²) in [5, 5.41) is 16.3. The van der Waals surface area contributed by atoms with Crippen molar-refractivity contribution < 1.29 is 4.52 Å². The number of nitrogens with zero attached hydrogens (tertiary/aromatic N) is 3. The predicted octanol–water partition coefficient (Wildman–Crippen LogP) is 1.73. The van der Waals surface area contributed by atoms with Crippen molar-refractivity contribution in [2.45, 2.75) is 50.6 Å². The van der Waals surface area contributed by atoms with Crippen LogP contribution in [0.5, 0.6) is 0 Å². The van der Waals surface area contributed by atoms with Gasteiger partial charge in [0.15, 0.2) is 5.82 Å². The standard InChI is InChI=1S/C12H16N4O/c13-6-9-2-1-3-10(9)14-7-11-15-12(16-17-11)8-4-5-8/h8-10,14H,1-5,7H2/t9-,10-/m0/s1. The molecular formula is C12H16N4O. The van der Waals surface area contributed by atoms with Crippen molar-refractivity contribution in [3.8, 4) is 6.07 Å². The molecule has 0 radical (unpaired) electrons. The van der Waals surface area contributed by atoms with Crippen LogP contribution in [-0.2, 0) is 6.54 Å². The molecule has 5 heteroatoms. The highest BCUT2D eigenvalue weighted by molar-refractivity contribution is 5.03. The second-order valence-electron chi connectivity index (χ2n) is 4.97. The maximum absolute atomic E-state index is 8.98. The second kappa shape index (κ2) is 4.46. The molecule has 90 valence electrons. The van der Waals surface area contributed by atoms with Gasteiger partial charge in [0, 0.05) is 12.0 Å². The molecule has 0 amide bonds. The van der Waals surface area contributed by atoms with Crippen LogP contribution in [0.2, 0.25) is 0 Å². The Kier molecular flexibility index (Phi) is 2.81. The zero-order chi connectivity index (χ0) is 11.7. The summed E-state index contributed by atoms with van der Waals surface area (Å²) in [4.78, 5) is 4.36. The van der Waals surface area contributed by atoms with Crippen LogP contribution in [0.1, 0.15) is 49.7 Å². The molecule has 0 aromatic carbocycles. The Labute approximate surface area is 100 Å². The quantitative estimate of drug-likeness (QED) is 0.855. The lowest BCUT2D eigenvalue weighted by Crippen LogP contribution is -2.31. The molecule has 1 heterocycles. The molecular weight excluding hydrogens is 216 g/mol. The summed E-state index contributed by atoms with van der Waals surface area (Å²) in [6.45, 7) is 0.586. The topological polar surface area (TPSA) is 74.7 Å². The van der Waals surface area contributed by atoms with Gasteiger partial charge in [-0.15, -0.1) is 0 Å². The molecule has 2 aliphatic carbocycles. The van der Waals surface area contributed by atoms with Crippen molar-refractivity contribution in [2.24, 2.45) is 5.92 Å². The summed E-state index contributed by atoms with van der Waals surface area (Å²) in [5.41, 5.74) is 0. The average molecular weight is 232 g/mol. The Morgan fingerprint density at radius 2 is 2.24 bits per heavy atom. The summed E-state index contributed by atoms with van der Waals surface area (Å²) < 4.78 is 5.19. The van der Waals surface area contributed by atoms with Gasteiger partial charge < -0.3 is 9.84 Å². The predicted molar refractivity (Wildman–Crippen MR) is 59.9 cm³/mol. The first-order valence-electron chi connectivity index (χ1n) is 6.32. The average Bonchev–Trinajstić information content (AvgIpc) is 2.93. The minimum atomic E-state index is 0.140. The SMILES string of the molecule is N#C[C@@H]1CCC[C@@H]1NCc1nc(C2CC2)no1. The summed E-state index contributed by atoms with van der Waals surface area (Å²) >= 11 is 0. The third-order valence-corrected chi connectivity index (χ3v) is 3.62. The smallest absolute Gasteiger partial charge is 0.240 e. The van der Waals surface area contributed by atoms with Crippen LogP contribution in [0.4, 0.5) is 0 Å². The zero-order valence-corrected chi connectivity index (χ0v) is 9.72. The second-order valence-corrected chi connectivity index (χ2v) is 4.97. The van der Waals surface area contributed by atoms with E-state index >= 15 is 0 Å². The van der Waals surface area contributed by atoms with Crippen molar-refractivity contribution in [2.75, 3.05) is 0 Å². The van der Waals surface area contributed by atoms with Gasteiger partial charge >= 0.3 is 0 Å². The normalized spacial score (nSPS) is 28.2. The van der Waals surface area contributed by atoms with Crippen LogP contribution >= 0.6 is 0 Å². The van der Waals surface area contributed by atoms with Gasteiger partial charge in [0.1, 0.15) is 0 Å². The number of nitrogens with one attached hydrogen (secondary N) is 1. The minimum Gasteiger partial charge on any atom is -0.338 e. The third kappa shape index (κ3) is 2.32. The molecule has 0 unspecified atom stereocenters. The Bertz CT molecular complexity index is 432. The molecule has 1 aromatic heterocycles. The van der Waals surface area contributed by atoms with Crippen LogP contribution in [0, 0.1) is 17.2 Å². The molecule has 0 spiro atoms. The molecule has 0 aliphatic heterocycles. The molecule has 0 saturated heterocycles. The van der Waals surface area contributed by atoms with E-state index in [-0.39, 0.29) is 12.0 Å². The fourth-order valence-electron chi connectivity index (χ4n) is 2.42. The van der Waals surface area contributed by atoms with Crippen LogP contribution < -0.4 is 5.32 Å². The Morgan fingerprint density at radius 3 is 3.00 bits per heavy atom. The van der Waals surface area contributed by atoms with Gasteiger partial charge in [-0.3, -0.25) is 0 Å². The molecule has 17 heavy (non-hydrogen) atoms. The maximum atomic E-state index is 8.98. The third-order valence-electron chi connectivity index (χ3n) is 3.62. The van der Waals surface area contributed by atoms with E-state index in [2.05, 4.69) is 21.5 Å². The van der Waals surface area contributed by atoms with E-state index in [1.165, 1.54) is 12.8 Å². The highest BCUT2D eigenvalue weighted by Crippen LogP contribution is 2.38. The Morgan fingerprint density at radius 1 is 1.35 bits per heavy atom. The van der Waals surface area contributed by atoms with Gasteiger partial charge in [-0.1, -0.05) is 11.6 Å². The van der Waals surface area contributed by atoms with E-state index in [4.69, 9.17) is 9.78 Å². The number of nitriles is 1. The van der Waals surface area contributed by atoms with Gasteiger partial charge in [0.25, 0.3) is 0 Å². The fraction of sp³-hybridized carbons (Fsp3) is 0.750. The van der Waals surface area contributed by atoms with Gasteiger partial charge in [-0.05, 0) is 25.7 Å². The van der Waals surface area contributed by atoms with Crippen molar-refractivity contribution in [3.05, 3.63) is 11.7 Å². The first-order valence-corrected chi connectivity index (χ1v) is 6.32. The Hall–Kier alpha value is -1.41. The molecule has 0 bridgehead atoms. The summed E-state index contributed by atoms with van der Waals surface area (Å²) in [5.74, 6) is 2.17. The maximum Gasteiger partial charge on any atom is 0.240 e. The summed E-state index contributed by atoms with van der Waals surface area (Å²) in [7, 11) is 0. The van der Waals surface area contributed by atoms with E-state index in [1.54, 1.807) is 0 Å². The number of hydrogen-bond acceptors (Lipinski definition) is 5. The lowest BCUT2D eigenvalue weighted by Gasteiger charge is -2.13. The van der Waals surface area contributed by atoms with Gasteiger partial charge in [0.2, 0.25) is 5.89 Å². The van der Waals surface area contributed by atoms with E-state index in [1.807, 2.05) is 0 Å². The molecule has 2 fully saturated rings. The van der Waals surface area contributed by atoms with Crippen molar-refractivity contribution >= 4 is 0 Å². The molecule has 3 rings (SSSR count). The fourth-order valence-corrected chi connectivity index (χ4v) is 2.42. The molecule has 1 aromatic rings. The van der Waals surface area contributed by atoms with Crippen molar-refractivity contribution in [1.82, 2.24) is 15.5 Å². The first-order chi connectivity index (χ1) is 8.36. The lowest BCUT2D eigenvalue weighted by atomic mass is 10.1. The zero-order valence-electron chi connectivity index (χ0n) is 9.72. The molecule has 2 aliphatic rings. The van der Waals surface area contributed by atoms with Crippen molar-refractivity contribution in [3.63, 3.8) is 0 Å². The highest BCUT2D eigenvalue weighted by atomic mass is 16.5. The minimum absolute atomic E-state index is 0.140.